The number of rotatable bonds is 4. The van der Waals surface area contributed by atoms with E-state index in [1.165, 1.54) is 0 Å². The fourth-order valence-electron chi connectivity index (χ4n) is 1.97. The van der Waals surface area contributed by atoms with Gasteiger partial charge < -0.3 is 10.6 Å². The lowest BCUT2D eigenvalue weighted by Gasteiger charge is -2.12. The number of aryl methyl sites for hydroxylation is 3. The van der Waals surface area contributed by atoms with Crippen molar-refractivity contribution in [3.63, 3.8) is 0 Å². The Kier molecular flexibility index (Phi) is 4.45. The van der Waals surface area contributed by atoms with E-state index in [-0.39, 0.29) is 0 Å². The molecule has 0 aliphatic rings. The van der Waals surface area contributed by atoms with Crippen LogP contribution in [0.1, 0.15) is 23.6 Å². The van der Waals surface area contributed by atoms with Crippen LogP contribution in [0, 0.1) is 20.8 Å². The lowest BCUT2D eigenvalue weighted by molar-refractivity contribution is 1.07. The topological polar surface area (TPSA) is 49.8 Å². The van der Waals surface area contributed by atoms with Gasteiger partial charge in [-0.05, 0) is 51.0 Å². The molecule has 2 rings (SSSR count). The largest absolute Gasteiger partial charge is 0.354 e. The van der Waals surface area contributed by atoms with E-state index in [1.807, 2.05) is 46.0 Å². The maximum atomic E-state index is 6.19. The summed E-state index contributed by atoms with van der Waals surface area (Å²) in [6.07, 6.45) is 1.81. The Morgan fingerprint density at radius 1 is 1.10 bits per heavy atom. The van der Waals surface area contributed by atoms with Crippen LogP contribution < -0.4 is 10.6 Å². The van der Waals surface area contributed by atoms with E-state index in [1.54, 1.807) is 0 Å². The molecule has 2 aromatic rings. The molecule has 1 heterocycles. The van der Waals surface area contributed by atoms with Gasteiger partial charge >= 0.3 is 0 Å². The molecular weight excluding hydrogens is 272 g/mol. The monoisotopic (exact) mass is 290 g/mol. The first-order valence-corrected chi connectivity index (χ1v) is 7.00. The Labute approximate surface area is 124 Å². The van der Waals surface area contributed by atoms with Crippen LogP contribution in [0.4, 0.5) is 17.5 Å². The van der Waals surface area contributed by atoms with Gasteiger partial charge in [-0.2, -0.15) is 4.98 Å². The number of benzene rings is 1. The van der Waals surface area contributed by atoms with E-state index in [0.29, 0.717) is 5.95 Å². The summed E-state index contributed by atoms with van der Waals surface area (Å²) in [6.45, 7) is 8.78. The summed E-state index contributed by atoms with van der Waals surface area (Å²) >= 11 is 6.19. The molecule has 0 amide bonds. The van der Waals surface area contributed by atoms with Crippen LogP contribution in [-0.2, 0) is 0 Å². The molecular formula is C15H19ClN4. The number of nitrogens with zero attached hydrogens (tertiary/aromatic N) is 2. The molecule has 0 bridgehead atoms. The summed E-state index contributed by atoms with van der Waals surface area (Å²) in [5.74, 6) is 1.43. The van der Waals surface area contributed by atoms with Crippen LogP contribution in [0.15, 0.2) is 18.3 Å². The Bertz CT molecular complexity index is 602. The van der Waals surface area contributed by atoms with Crippen LogP contribution in [-0.4, -0.2) is 16.5 Å². The second kappa shape index (κ2) is 6.09. The molecule has 0 atom stereocenters. The van der Waals surface area contributed by atoms with E-state index in [9.17, 15) is 0 Å². The second-order valence-electron chi connectivity index (χ2n) is 4.80. The fraction of sp³-hybridized carbons (Fsp3) is 0.333. The summed E-state index contributed by atoms with van der Waals surface area (Å²) in [7, 11) is 0. The Morgan fingerprint density at radius 3 is 2.35 bits per heavy atom. The van der Waals surface area contributed by atoms with Crippen LogP contribution in [0.2, 0.25) is 5.02 Å². The molecule has 0 aliphatic heterocycles. The molecule has 0 unspecified atom stereocenters. The van der Waals surface area contributed by atoms with Gasteiger partial charge in [-0.1, -0.05) is 11.6 Å². The molecule has 20 heavy (non-hydrogen) atoms. The van der Waals surface area contributed by atoms with Crippen molar-refractivity contribution in [2.45, 2.75) is 27.7 Å². The van der Waals surface area contributed by atoms with Gasteiger partial charge in [0.1, 0.15) is 5.82 Å². The average Bonchev–Trinajstić information content (AvgIpc) is 2.40. The van der Waals surface area contributed by atoms with Gasteiger partial charge in [0, 0.05) is 29.0 Å². The lowest BCUT2D eigenvalue weighted by Crippen LogP contribution is -2.05. The van der Waals surface area contributed by atoms with Crippen LogP contribution in [0.25, 0.3) is 0 Å². The van der Waals surface area contributed by atoms with Gasteiger partial charge in [0.2, 0.25) is 5.95 Å². The number of anilines is 3. The zero-order chi connectivity index (χ0) is 14.7. The quantitative estimate of drug-likeness (QED) is 0.885. The highest BCUT2D eigenvalue weighted by atomic mass is 35.5. The number of hydrogen-bond donors (Lipinski definition) is 2. The standard InChI is InChI=1S/C15H19ClN4/c1-5-17-15-18-8-11(4)14(20-15)19-12-6-9(2)13(16)10(3)7-12/h6-8H,5H2,1-4H3,(H2,17,18,19,20). The molecule has 0 saturated heterocycles. The molecule has 1 aromatic heterocycles. The van der Waals surface area contributed by atoms with E-state index in [0.717, 1.165) is 39.8 Å². The van der Waals surface area contributed by atoms with Crippen LogP contribution in [0.5, 0.6) is 0 Å². The minimum Gasteiger partial charge on any atom is -0.354 e. The number of hydrogen-bond acceptors (Lipinski definition) is 4. The SMILES string of the molecule is CCNc1ncc(C)c(Nc2cc(C)c(Cl)c(C)c2)n1. The average molecular weight is 291 g/mol. The normalized spacial score (nSPS) is 10.4. The van der Waals surface area contributed by atoms with Crippen molar-refractivity contribution in [2.75, 3.05) is 17.2 Å². The van der Waals surface area contributed by atoms with Crippen molar-refractivity contribution in [3.05, 3.63) is 40.0 Å². The Balaban J connectivity index is 2.32. The van der Waals surface area contributed by atoms with Gasteiger partial charge in [-0.3, -0.25) is 0 Å². The van der Waals surface area contributed by atoms with Gasteiger partial charge in [0.25, 0.3) is 0 Å². The van der Waals surface area contributed by atoms with Crippen molar-refractivity contribution >= 4 is 29.1 Å². The summed E-state index contributed by atoms with van der Waals surface area (Å²) in [4.78, 5) is 8.71. The molecule has 4 nitrogen and oxygen atoms in total. The first-order chi connectivity index (χ1) is 9.51. The Hall–Kier alpha value is -1.81. The molecule has 5 heteroatoms. The van der Waals surface area contributed by atoms with Crippen molar-refractivity contribution in [3.8, 4) is 0 Å². The third-order valence-electron chi connectivity index (χ3n) is 3.01. The fourth-order valence-corrected chi connectivity index (χ4v) is 2.08. The van der Waals surface area contributed by atoms with E-state index < -0.39 is 0 Å². The van der Waals surface area contributed by atoms with E-state index in [2.05, 4.69) is 20.6 Å². The van der Waals surface area contributed by atoms with E-state index >= 15 is 0 Å². The van der Waals surface area contributed by atoms with E-state index in [4.69, 9.17) is 11.6 Å². The van der Waals surface area contributed by atoms with Crippen molar-refractivity contribution in [2.24, 2.45) is 0 Å². The number of halogens is 1. The molecule has 0 radical (unpaired) electrons. The molecule has 0 spiro atoms. The Morgan fingerprint density at radius 2 is 1.75 bits per heavy atom. The van der Waals surface area contributed by atoms with Gasteiger partial charge in [-0.15, -0.1) is 0 Å². The molecule has 2 N–H and O–H groups in total. The van der Waals surface area contributed by atoms with Gasteiger partial charge in [-0.25, -0.2) is 4.98 Å². The summed E-state index contributed by atoms with van der Waals surface area (Å²) < 4.78 is 0. The third-order valence-corrected chi connectivity index (χ3v) is 3.60. The van der Waals surface area contributed by atoms with Gasteiger partial charge in [0.15, 0.2) is 0 Å². The summed E-state index contributed by atoms with van der Waals surface area (Å²) in [6, 6.07) is 4.04. The molecule has 0 fully saturated rings. The predicted octanol–water partition coefficient (Wildman–Crippen LogP) is 4.23. The van der Waals surface area contributed by atoms with Crippen LogP contribution >= 0.6 is 11.6 Å². The lowest BCUT2D eigenvalue weighted by atomic mass is 10.1. The highest BCUT2D eigenvalue weighted by Crippen LogP contribution is 2.27. The summed E-state index contributed by atoms with van der Waals surface area (Å²) in [5, 5.41) is 7.25. The maximum Gasteiger partial charge on any atom is 0.224 e. The molecule has 106 valence electrons. The zero-order valence-corrected chi connectivity index (χ0v) is 13.0. The molecule has 0 aliphatic carbocycles. The first kappa shape index (κ1) is 14.6. The highest BCUT2D eigenvalue weighted by molar-refractivity contribution is 6.32. The third kappa shape index (κ3) is 3.20. The number of nitrogens with one attached hydrogen (secondary N) is 2. The zero-order valence-electron chi connectivity index (χ0n) is 12.2. The molecule has 0 saturated carbocycles. The summed E-state index contributed by atoms with van der Waals surface area (Å²) in [5.41, 5.74) is 4.08. The molecule has 1 aromatic carbocycles. The predicted molar refractivity (Wildman–Crippen MR) is 85.1 cm³/mol. The van der Waals surface area contributed by atoms with Crippen molar-refractivity contribution in [1.29, 1.82) is 0 Å². The maximum absolute atomic E-state index is 6.19. The second-order valence-corrected chi connectivity index (χ2v) is 5.18. The highest BCUT2D eigenvalue weighted by Gasteiger charge is 2.07. The first-order valence-electron chi connectivity index (χ1n) is 6.62. The van der Waals surface area contributed by atoms with Gasteiger partial charge in [0.05, 0.1) is 0 Å². The van der Waals surface area contributed by atoms with Crippen molar-refractivity contribution < 1.29 is 0 Å². The van der Waals surface area contributed by atoms with Crippen molar-refractivity contribution in [1.82, 2.24) is 9.97 Å². The minimum atomic E-state index is 0.628. The van der Waals surface area contributed by atoms with Crippen LogP contribution in [0.3, 0.4) is 0 Å². The minimum absolute atomic E-state index is 0.628. The smallest absolute Gasteiger partial charge is 0.224 e. The number of aromatic nitrogens is 2.